The van der Waals surface area contributed by atoms with Crippen LogP contribution >= 0.6 is 0 Å². The van der Waals surface area contributed by atoms with Crippen molar-refractivity contribution in [2.24, 2.45) is 0 Å². The van der Waals surface area contributed by atoms with Gasteiger partial charge in [0.05, 0.1) is 0 Å². The highest BCUT2D eigenvalue weighted by atomic mass is 16.6. The second kappa shape index (κ2) is 2.50. The molecule has 1 heteroatoms. The fourth-order valence-corrected chi connectivity index (χ4v) is 2.46. The fourth-order valence-electron chi connectivity index (χ4n) is 2.46. The monoisotopic (exact) mass is 194 g/mol. The van der Waals surface area contributed by atoms with Crippen LogP contribution in [-0.2, 0) is 4.74 Å². The van der Waals surface area contributed by atoms with Gasteiger partial charge >= 0.3 is 0 Å². The third-order valence-corrected chi connectivity index (χ3v) is 3.29. The molecular weight excluding hydrogens is 184 g/mol. The van der Waals surface area contributed by atoms with E-state index in [-0.39, 0.29) is 0 Å². The summed E-state index contributed by atoms with van der Waals surface area (Å²) in [6, 6.07) is 12.9. The number of benzene rings is 2. The molecule has 0 bridgehead atoms. The summed E-state index contributed by atoms with van der Waals surface area (Å²) in [4.78, 5) is 0. The summed E-state index contributed by atoms with van der Waals surface area (Å²) < 4.78 is 5.57. The molecule has 2 aromatic carbocycles. The largest absolute Gasteiger partial charge is 0.360 e. The molecule has 1 saturated heterocycles. The van der Waals surface area contributed by atoms with Gasteiger partial charge in [0.15, 0.2) is 0 Å². The fraction of sp³-hybridized carbons (Fsp3) is 0.143. The molecule has 0 aromatic heterocycles. The zero-order chi connectivity index (χ0) is 9.83. The van der Waals surface area contributed by atoms with E-state index in [0.717, 1.165) is 0 Å². The van der Waals surface area contributed by atoms with E-state index in [2.05, 4.69) is 48.6 Å². The Morgan fingerprint density at radius 1 is 1.00 bits per heavy atom. The Hall–Kier alpha value is -1.60. The Bertz CT molecular complexity index is 583. The highest BCUT2D eigenvalue weighted by Gasteiger charge is 2.41. The summed E-state index contributed by atoms with van der Waals surface area (Å²) >= 11 is 0. The van der Waals surface area contributed by atoms with E-state index in [9.17, 15) is 0 Å². The van der Waals surface area contributed by atoms with Crippen LogP contribution < -0.4 is 0 Å². The Morgan fingerprint density at radius 3 is 2.93 bits per heavy atom. The molecular formula is C14H10O. The second-order valence-electron chi connectivity index (χ2n) is 4.17. The summed E-state index contributed by atoms with van der Waals surface area (Å²) in [5.74, 6) is 0. The lowest BCUT2D eigenvalue weighted by Gasteiger charge is -2.10. The van der Waals surface area contributed by atoms with Crippen molar-refractivity contribution in [2.45, 2.75) is 12.2 Å². The van der Waals surface area contributed by atoms with Crippen LogP contribution in [0.25, 0.3) is 16.8 Å². The number of ether oxygens (including phenoxy) is 1. The summed E-state index contributed by atoms with van der Waals surface area (Å²) in [5, 5.41) is 2.64. The predicted octanol–water partition coefficient (Wildman–Crippen LogP) is 3.31. The number of rotatable bonds is 0. The molecule has 1 fully saturated rings. The average Bonchev–Trinajstić information content (AvgIpc) is 3.07. The highest BCUT2D eigenvalue weighted by molar-refractivity contribution is 5.93. The number of epoxide rings is 1. The smallest absolute Gasteiger partial charge is 0.114 e. The number of hydrogen-bond donors (Lipinski definition) is 0. The van der Waals surface area contributed by atoms with Gasteiger partial charge in [-0.15, -0.1) is 0 Å². The summed E-state index contributed by atoms with van der Waals surface area (Å²) in [5.41, 5.74) is 2.69. The van der Waals surface area contributed by atoms with Crippen LogP contribution in [-0.4, -0.2) is 6.10 Å². The summed E-state index contributed by atoms with van der Waals surface area (Å²) in [6.07, 6.45) is 5.04. The van der Waals surface area contributed by atoms with Gasteiger partial charge in [0.1, 0.15) is 12.2 Å². The standard InChI is InChI=1S/C14H10O/c1-2-4-10-9(3-1)5-6-12-11(10)7-8-13-14(12)15-13/h1-8,13-14H. The van der Waals surface area contributed by atoms with Gasteiger partial charge in [-0.3, -0.25) is 0 Å². The Morgan fingerprint density at radius 2 is 1.93 bits per heavy atom. The van der Waals surface area contributed by atoms with Gasteiger partial charge in [0.2, 0.25) is 0 Å². The van der Waals surface area contributed by atoms with Gasteiger partial charge in [-0.05, 0) is 21.9 Å². The molecule has 2 aromatic rings. The normalized spacial score (nSPS) is 26.1. The average molecular weight is 194 g/mol. The van der Waals surface area contributed by atoms with Crippen molar-refractivity contribution in [1.29, 1.82) is 0 Å². The molecule has 2 aliphatic rings. The van der Waals surface area contributed by atoms with Gasteiger partial charge in [0, 0.05) is 0 Å². The molecule has 1 aliphatic heterocycles. The molecule has 0 spiro atoms. The lowest BCUT2D eigenvalue weighted by Crippen LogP contribution is -1.95. The third-order valence-electron chi connectivity index (χ3n) is 3.29. The highest BCUT2D eigenvalue weighted by Crippen LogP contribution is 2.46. The predicted molar refractivity (Wildman–Crippen MR) is 60.6 cm³/mol. The minimum Gasteiger partial charge on any atom is -0.360 e. The molecule has 1 nitrogen and oxygen atoms in total. The SMILES string of the molecule is C1=CC2OC2c2ccc3ccccc3c21. The van der Waals surface area contributed by atoms with Gasteiger partial charge in [-0.25, -0.2) is 0 Å². The summed E-state index contributed by atoms with van der Waals surface area (Å²) in [6.45, 7) is 0. The number of hydrogen-bond acceptors (Lipinski definition) is 1. The van der Waals surface area contributed by atoms with Gasteiger partial charge in [0.25, 0.3) is 0 Å². The maximum absolute atomic E-state index is 5.57. The van der Waals surface area contributed by atoms with Crippen molar-refractivity contribution in [3.8, 4) is 0 Å². The van der Waals surface area contributed by atoms with Crippen LogP contribution in [0.2, 0.25) is 0 Å². The van der Waals surface area contributed by atoms with Crippen molar-refractivity contribution in [3.63, 3.8) is 0 Å². The first-order chi connectivity index (χ1) is 7.43. The molecule has 0 saturated carbocycles. The Labute approximate surface area is 88.0 Å². The van der Waals surface area contributed by atoms with Crippen LogP contribution in [0.15, 0.2) is 42.5 Å². The molecule has 2 unspecified atom stereocenters. The van der Waals surface area contributed by atoms with Gasteiger partial charge < -0.3 is 4.74 Å². The van der Waals surface area contributed by atoms with Crippen molar-refractivity contribution >= 4 is 16.8 Å². The van der Waals surface area contributed by atoms with E-state index in [1.165, 1.54) is 21.9 Å². The van der Waals surface area contributed by atoms with Crippen molar-refractivity contribution < 1.29 is 4.74 Å². The van der Waals surface area contributed by atoms with E-state index in [4.69, 9.17) is 4.74 Å². The lowest BCUT2D eigenvalue weighted by molar-refractivity contribution is 0.395. The Balaban J connectivity index is 2.13. The first kappa shape index (κ1) is 7.66. The number of fused-ring (bicyclic) bond motifs is 5. The van der Waals surface area contributed by atoms with Crippen molar-refractivity contribution in [3.05, 3.63) is 53.6 Å². The zero-order valence-corrected chi connectivity index (χ0v) is 8.18. The second-order valence-corrected chi connectivity index (χ2v) is 4.17. The quantitative estimate of drug-likeness (QED) is 0.586. The van der Waals surface area contributed by atoms with Crippen molar-refractivity contribution in [1.82, 2.24) is 0 Å². The van der Waals surface area contributed by atoms with E-state index >= 15 is 0 Å². The first-order valence-corrected chi connectivity index (χ1v) is 5.29. The molecule has 0 N–H and O–H groups in total. The molecule has 72 valence electrons. The lowest BCUT2D eigenvalue weighted by atomic mass is 9.92. The van der Waals surface area contributed by atoms with E-state index in [0.29, 0.717) is 12.2 Å². The van der Waals surface area contributed by atoms with Crippen molar-refractivity contribution in [2.75, 3.05) is 0 Å². The van der Waals surface area contributed by atoms with Crippen LogP contribution in [0, 0.1) is 0 Å². The molecule has 0 amide bonds. The summed E-state index contributed by atoms with van der Waals surface area (Å²) in [7, 11) is 0. The maximum Gasteiger partial charge on any atom is 0.114 e. The van der Waals surface area contributed by atoms with Crippen LogP contribution in [0.3, 0.4) is 0 Å². The molecule has 15 heavy (non-hydrogen) atoms. The third kappa shape index (κ3) is 0.959. The minimum atomic E-state index is 0.328. The van der Waals surface area contributed by atoms with Crippen LogP contribution in [0.1, 0.15) is 17.2 Å². The van der Waals surface area contributed by atoms with Crippen LogP contribution in [0.5, 0.6) is 0 Å². The molecule has 4 rings (SSSR count). The minimum absolute atomic E-state index is 0.328. The first-order valence-electron chi connectivity index (χ1n) is 5.29. The zero-order valence-electron chi connectivity index (χ0n) is 8.18. The van der Waals surface area contributed by atoms with E-state index in [1.54, 1.807) is 0 Å². The molecule has 0 radical (unpaired) electrons. The maximum atomic E-state index is 5.57. The van der Waals surface area contributed by atoms with Crippen LogP contribution in [0.4, 0.5) is 0 Å². The molecule has 1 aliphatic carbocycles. The molecule has 1 heterocycles. The van der Waals surface area contributed by atoms with E-state index < -0.39 is 0 Å². The Kier molecular flexibility index (Phi) is 1.28. The van der Waals surface area contributed by atoms with Gasteiger partial charge in [-0.1, -0.05) is 48.6 Å². The topological polar surface area (TPSA) is 12.5 Å². The van der Waals surface area contributed by atoms with Gasteiger partial charge in [-0.2, -0.15) is 0 Å². The van der Waals surface area contributed by atoms with E-state index in [1.807, 2.05) is 0 Å². The molecule has 2 atom stereocenters.